The molecule has 0 bridgehead atoms. The van der Waals surface area contributed by atoms with Crippen LogP contribution in [0.15, 0.2) is 48.5 Å². The molecule has 0 aliphatic heterocycles. The van der Waals surface area contributed by atoms with Gasteiger partial charge in [0.15, 0.2) is 6.10 Å². The van der Waals surface area contributed by atoms with E-state index in [1.165, 1.54) is 4.90 Å². The van der Waals surface area contributed by atoms with Gasteiger partial charge in [-0.3, -0.25) is 0 Å². The Balaban J connectivity index is 1.90. The second-order valence-corrected chi connectivity index (χ2v) is 8.77. The number of amides is 2. The van der Waals surface area contributed by atoms with Gasteiger partial charge in [0.05, 0.1) is 6.54 Å². The van der Waals surface area contributed by atoms with Crippen molar-refractivity contribution in [1.82, 2.24) is 4.90 Å². The number of rotatable bonds is 15. The molecule has 2 rings (SSSR count). The first-order valence-corrected chi connectivity index (χ1v) is 12.4. The predicted molar refractivity (Wildman–Crippen MR) is 135 cm³/mol. The number of halogens is 4. The average Bonchev–Trinajstić information content (AvgIpc) is 2.84. The van der Waals surface area contributed by atoms with Crippen LogP contribution in [0.25, 0.3) is 0 Å². The second-order valence-electron chi connectivity index (χ2n) is 8.33. The molecule has 11 heteroatoms. The van der Waals surface area contributed by atoms with Crippen LogP contribution < -0.4 is 10.1 Å². The van der Waals surface area contributed by atoms with E-state index in [1.807, 2.05) is 0 Å². The highest BCUT2D eigenvalue weighted by atomic mass is 35.5. The molecule has 0 aromatic heterocycles. The lowest BCUT2D eigenvalue weighted by molar-refractivity contribution is -0.150. The third-order valence-corrected chi connectivity index (χ3v) is 5.64. The zero-order valence-electron chi connectivity index (χ0n) is 20.6. The Hall–Kier alpha value is -2.98. The standard InChI is InChI=1S/C26H32ClF3N2O5/c1-2-36-23(24(33)34)18-19-6-12-22(13-7-19)37-17-16-32(15-5-3-4-14-26(28,29)30)25(35)31-21-10-8-20(27)9-11-21/h6-13,23H,2-5,14-18H2,1H3,(H,31,35)(H,33,34). The van der Waals surface area contributed by atoms with Crippen LogP contribution in [0.5, 0.6) is 5.75 Å². The van der Waals surface area contributed by atoms with Crippen LogP contribution in [0.1, 0.15) is 38.2 Å². The summed E-state index contributed by atoms with van der Waals surface area (Å²) in [5.74, 6) is -0.493. The van der Waals surface area contributed by atoms with Crippen LogP contribution >= 0.6 is 11.6 Å². The van der Waals surface area contributed by atoms with Crippen molar-refractivity contribution < 1.29 is 37.3 Å². The molecule has 0 heterocycles. The van der Waals surface area contributed by atoms with Crippen LogP contribution in [-0.4, -0.2) is 60.6 Å². The monoisotopic (exact) mass is 544 g/mol. The number of urea groups is 1. The molecule has 0 spiro atoms. The molecule has 204 valence electrons. The van der Waals surface area contributed by atoms with Crippen molar-refractivity contribution >= 4 is 29.3 Å². The summed E-state index contributed by atoms with van der Waals surface area (Å²) in [4.78, 5) is 25.6. The summed E-state index contributed by atoms with van der Waals surface area (Å²) in [5, 5.41) is 12.5. The Morgan fingerprint density at radius 2 is 1.70 bits per heavy atom. The van der Waals surface area contributed by atoms with E-state index in [4.69, 9.17) is 21.1 Å². The number of nitrogens with zero attached hydrogens (tertiary/aromatic N) is 1. The summed E-state index contributed by atoms with van der Waals surface area (Å²) >= 11 is 5.88. The van der Waals surface area contributed by atoms with E-state index in [9.17, 15) is 27.9 Å². The Labute approximate surface area is 219 Å². The predicted octanol–water partition coefficient (Wildman–Crippen LogP) is 6.41. The molecular weight excluding hydrogens is 513 g/mol. The maximum Gasteiger partial charge on any atom is 0.389 e. The van der Waals surface area contributed by atoms with Gasteiger partial charge in [-0.25, -0.2) is 9.59 Å². The van der Waals surface area contributed by atoms with Crippen molar-refractivity contribution in [3.63, 3.8) is 0 Å². The van der Waals surface area contributed by atoms with Gasteiger partial charge in [0.1, 0.15) is 12.4 Å². The molecule has 1 atom stereocenters. The van der Waals surface area contributed by atoms with Crippen molar-refractivity contribution in [2.24, 2.45) is 0 Å². The first-order chi connectivity index (χ1) is 17.6. The number of hydrogen-bond donors (Lipinski definition) is 2. The number of unbranched alkanes of at least 4 members (excludes halogenated alkanes) is 2. The van der Waals surface area contributed by atoms with Gasteiger partial charge in [0.2, 0.25) is 0 Å². The number of carboxylic acid groups (broad SMARTS) is 1. The minimum absolute atomic E-state index is 0.00498. The number of nitrogens with one attached hydrogen (secondary N) is 1. The van der Waals surface area contributed by atoms with Crippen LogP contribution in [0.3, 0.4) is 0 Å². The molecule has 0 saturated carbocycles. The molecule has 0 radical (unpaired) electrons. The van der Waals surface area contributed by atoms with E-state index in [-0.39, 0.29) is 32.5 Å². The van der Waals surface area contributed by atoms with Gasteiger partial charge in [-0.2, -0.15) is 13.2 Å². The molecular formula is C26H32ClF3N2O5. The molecule has 0 saturated heterocycles. The lowest BCUT2D eigenvalue weighted by Crippen LogP contribution is -2.38. The van der Waals surface area contributed by atoms with Gasteiger partial charge >= 0.3 is 18.2 Å². The smallest absolute Gasteiger partial charge is 0.389 e. The first-order valence-electron chi connectivity index (χ1n) is 12.0. The largest absolute Gasteiger partial charge is 0.492 e. The summed E-state index contributed by atoms with van der Waals surface area (Å²) in [6.45, 7) is 2.67. The Morgan fingerprint density at radius 1 is 1.03 bits per heavy atom. The summed E-state index contributed by atoms with van der Waals surface area (Å²) in [6.07, 6.45) is -4.98. The molecule has 7 nitrogen and oxygen atoms in total. The number of carboxylic acids is 1. The third kappa shape index (κ3) is 12.2. The van der Waals surface area contributed by atoms with Crippen molar-refractivity contribution in [2.75, 3.05) is 31.6 Å². The van der Waals surface area contributed by atoms with E-state index in [0.717, 1.165) is 5.56 Å². The van der Waals surface area contributed by atoms with Gasteiger partial charge < -0.3 is 24.8 Å². The normalized spacial score (nSPS) is 12.1. The zero-order chi connectivity index (χ0) is 27.3. The number of hydrogen-bond acceptors (Lipinski definition) is 4. The number of carbonyl (C=O) groups is 2. The van der Waals surface area contributed by atoms with Gasteiger partial charge in [-0.1, -0.05) is 30.2 Å². The minimum Gasteiger partial charge on any atom is -0.492 e. The van der Waals surface area contributed by atoms with Crippen LogP contribution in [0.2, 0.25) is 5.02 Å². The van der Waals surface area contributed by atoms with Crippen LogP contribution in [-0.2, 0) is 16.0 Å². The van der Waals surface area contributed by atoms with Crippen LogP contribution in [0.4, 0.5) is 23.7 Å². The number of carbonyl (C=O) groups excluding carboxylic acids is 1. The Morgan fingerprint density at radius 3 is 2.30 bits per heavy atom. The average molecular weight is 545 g/mol. The lowest BCUT2D eigenvalue weighted by atomic mass is 10.1. The van der Waals surface area contributed by atoms with E-state index >= 15 is 0 Å². The highest BCUT2D eigenvalue weighted by molar-refractivity contribution is 6.30. The quantitative estimate of drug-likeness (QED) is 0.253. The van der Waals surface area contributed by atoms with E-state index in [0.29, 0.717) is 35.9 Å². The van der Waals surface area contributed by atoms with E-state index in [2.05, 4.69) is 5.32 Å². The highest BCUT2D eigenvalue weighted by Gasteiger charge is 2.26. The zero-order valence-corrected chi connectivity index (χ0v) is 21.4. The summed E-state index contributed by atoms with van der Waals surface area (Å²) in [7, 11) is 0. The summed E-state index contributed by atoms with van der Waals surface area (Å²) in [6, 6.07) is 13.1. The van der Waals surface area contributed by atoms with Gasteiger partial charge in [0, 0.05) is 36.7 Å². The first kappa shape index (κ1) is 30.2. The molecule has 0 aliphatic carbocycles. The van der Waals surface area contributed by atoms with Crippen molar-refractivity contribution in [2.45, 2.75) is 51.3 Å². The van der Waals surface area contributed by atoms with Gasteiger partial charge in [-0.15, -0.1) is 0 Å². The Bertz CT molecular complexity index is 972. The van der Waals surface area contributed by atoms with Crippen molar-refractivity contribution in [3.05, 3.63) is 59.1 Å². The highest BCUT2D eigenvalue weighted by Crippen LogP contribution is 2.23. The fraction of sp³-hybridized carbons (Fsp3) is 0.462. The SMILES string of the molecule is CCOC(Cc1ccc(OCCN(CCCCCC(F)(F)F)C(=O)Nc2ccc(Cl)cc2)cc1)C(=O)O. The third-order valence-electron chi connectivity index (χ3n) is 5.39. The summed E-state index contributed by atoms with van der Waals surface area (Å²) in [5.41, 5.74) is 1.32. The second kappa shape index (κ2) is 15.3. The number of anilines is 1. The Kier molecular flexibility index (Phi) is 12.5. The number of alkyl halides is 3. The maximum absolute atomic E-state index is 12.8. The molecule has 0 aliphatic rings. The van der Waals surface area contributed by atoms with Crippen molar-refractivity contribution in [1.29, 1.82) is 0 Å². The number of aliphatic carboxylic acids is 1. The van der Waals surface area contributed by atoms with E-state index in [1.54, 1.807) is 55.5 Å². The molecule has 2 aromatic carbocycles. The number of ether oxygens (including phenoxy) is 2. The van der Waals surface area contributed by atoms with E-state index < -0.39 is 30.7 Å². The number of benzene rings is 2. The molecule has 1 unspecified atom stereocenters. The maximum atomic E-state index is 12.8. The topological polar surface area (TPSA) is 88.1 Å². The molecule has 0 fully saturated rings. The van der Waals surface area contributed by atoms with Gasteiger partial charge in [0.25, 0.3) is 0 Å². The van der Waals surface area contributed by atoms with Gasteiger partial charge in [-0.05, 0) is 61.7 Å². The lowest BCUT2D eigenvalue weighted by Gasteiger charge is -2.23. The minimum atomic E-state index is -4.19. The van der Waals surface area contributed by atoms with Crippen LogP contribution in [0, 0.1) is 0 Å². The van der Waals surface area contributed by atoms with Crippen molar-refractivity contribution in [3.8, 4) is 5.75 Å². The molecule has 2 N–H and O–H groups in total. The fourth-order valence-corrected chi connectivity index (χ4v) is 3.61. The molecule has 37 heavy (non-hydrogen) atoms. The molecule has 2 aromatic rings. The fourth-order valence-electron chi connectivity index (χ4n) is 3.48. The summed E-state index contributed by atoms with van der Waals surface area (Å²) < 4.78 is 48.1. The molecule has 2 amide bonds.